The molecule has 0 aromatic carbocycles. The smallest absolute Gasteiger partial charge is 0.0593 e. The highest BCUT2D eigenvalue weighted by Gasteiger charge is 2.35. The number of nitrogens with one attached hydrogen (secondary N) is 1. The first-order valence-corrected chi connectivity index (χ1v) is 8.89. The number of hydrogen-bond acceptors (Lipinski definition) is 3. The van der Waals surface area contributed by atoms with E-state index in [0.717, 1.165) is 38.8 Å². The number of piperazine rings is 1. The normalized spacial score (nSPS) is 24.7. The van der Waals surface area contributed by atoms with Gasteiger partial charge in [0.05, 0.1) is 6.61 Å². The van der Waals surface area contributed by atoms with Gasteiger partial charge in [-0.15, -0.1) is 0 Å². The minimum Gasteiger partial charge on any atom is -0.380 e. The molecule has 1 aliphatic rings. The monoisotopic (exact) mass is 298 g/mol. The van der Waals surface area contributed by atoms with Gasteiger partial charge in [-0.3, -0.25) is 4.90 Å². The molecule has 2 atom stereocenters. The summed E-state index contributed by atoms with van der Waals surface area (Å²) in [5, 5.41) is 3.77. The Kier molecular flexibility index (Phi) is 8.22. The molecule has 0 aromatic rings. The molecule has 126 valence electrons. The third kappa shape index (κ3) is 7.12. The van der Waals surface area contributed by atoms with E-state index in [4.69, 9.17) is 4.74 Å². The summed E-state index contributed by atoms with van der Waals surface area (Å²) in [7, 11) is 0. The molecule has 2 unspecified atom stereocenters. The second kappa shape index (κ2) is 9.12. The highest BCUT2D eigenvalue weighted by atomic mass is 16.5. The zero-order chi connectivity index (χ0) is 15.9. The van der Waals surface area contributed by atoms with Crippen molar-refractivity contribution in [3.63, 3.8) is 0 Å². The first kappa shape index (κ1) is 18.9. The molecule has 0 amide bonds. The molecule has 0 aromatic heterocycles. The minimum atomic E-state index is 0.319. The molecule has 3 heteroatoms. The molecule has 1 saturated heterocycles. The van der Waals surface area contributed by atoms with Crippen LogP contribution >= 0.6 is 0 Å². The Labute approximate surface area is 132 Å². The Bertz CT molecular complexity index is 273. The lowest BCUT2D eigenvalue weighted by Crippen LogP contribution is -2.61. The minimum absolute atomic E-state index is 0.319. The highest BCUT2D eigenvalue weighted by molar-refractivity contribution is 4.92. The van der Waals surface area contributed by atoms with Crippen LogP contribution in [0.4, 0.5) is 0 Å². The van der Waals surface area contributed by atoms with Gasteiger partial charge < -0.3 is 10.1 Å². The molecular formula is C18H38N2O. The van der Waals surface area contributed by atoms with E-state index in [9.17, 15) is 0 Å². The maximum absolute atomic E-state index is 5.79. The molecule has 0 aliphatic carbocycles. The van der Waals surface area contributed by atoms with Crippen LogP contribution in [0, 0.1) is 11.3 Å². The summed E-state index contributed by atoms with van der Waals surface area (Å²) in [4.78, 5) is 2.66. The largest absolute Gasteiger partial charge is 0.380 e. The van der Waals surface area contributed by atoms with Crippen molar-refractivity contribution < 1.29 is 4.74 Å². The van der Waals surface area contributed by atoms with Crippen molar-refractivity contribution in [1.82, 2.24) is 10.2 Å². The summed E-state index contributed by atoms with van der Waals surface area (Å²) in [6.45, 7) is 19.0. The number of unbranched alkanes of at least 4 members (excludes halogenated alkanes) is 1. The fourth-order valence-corrected chi connectivity index (χ4v) is 3.24. The predicted molar refractivity (Wildman–Crippen MR) is 91.8 cm³/mol. The first-order chi connectivity index (χ1) is 9.84. The standard InChI is InChI=1S/C18H38N2O/c1-7-8-10-21-11-9-20-14-16(12-15(2)3)19-13-17(20)18(4,5)6/h15-17,19H,7-14H2,1-6H3. The molecule has 0 saturated carbocycles. The fraction of sp³-hybridized carbons (Fsp3) is 1.00. The Morgan fingerprint density at radius 2 is 1.95 bits per heavy atom. The van der Waals surface area contributed by atoms with Gasteiger partial charge in [0.15, 0.2) is 0 Å². The second-order valence-electron chi connectivity index (χ2n) is 8.08. The zero-order valence-corrected chi connectivity index (χ0v) is 15.2. The van der Waals surface area contributed by atoms with E-state index in [0.29, 0.717) is 17.5 Å². The summed E-state index contributed by atoms with van der Waals surface area (Å²) in [5.41, 5.74) is 0.319. The van der Waals surface area contributed by atoms with Gasteiger partial charge in [0.25, 0.3) is 0 Å². The molecule has 0 radical (unpaired) electrons. The summed E-state index contributed by atoms with van der Waals surface area (Å²) in [6, 6.07) is 1.25. The van der Waals surface area contributed by atoms with Gasteiger partial charge in [-0.2, -0.15) is 0 Å². The van der Waals surface area contributed by atoms with Crippen LogP contribution in [-0.2, 0) is 4.74 Å². The van der Waals surface area contributed by atoms with E-state index >= 15 is 0 Å². The maximum atomic E-state index is 5.79. The van der Waals surface area contributed by atoms with Gasteiger partial charge in [-0.25, -0.2) is 0 Å². The zero-order valence-electron chi connectivity index (χ0n) is 15.2. The van der Waals surface area contributed by atoms with Gasteiger partial charge in [0.1, 0.15) is 0 Å². The maximum Gasteiger partial charge on any atom is 0.0593 e. The van der Waals surface area contributed by atoms with Crippen LogP contribution in [0.15, 0.2) is 0 Å². The second-order valence-corrected chi connectivity index (χ2v) is 8.08. The Hall–Kier alpha value is -0.120. The quantitative estimate of drug-likeness (QED) is 0.694. The van der Waals surface area contributed by atoms with Gasteiger partial charge >= 0.3 is 0 Å². The van der Waals surface area contributed by atoms with Crippen LogP contribution in [-0.4, -0.2) is 49.8 Å². The summed E-state index contributed by atoms with van der Waals surface area (Å²) < 4.78 is 5.79. The topological polar surface area (TPSA) is 24.5 Å². The summed E-state index contributed by atoms with van der Waals surface area (Å²) in [6.07, 6.45) is 3.67. The number of hydrogen-bond donors (Lipinski definition) is 1. The van der Waals surface area contributed by atoms with Gasteiger partial charge in [0, 0.05) is 38.3 Å². The molecule has 1 rings (SSSR count). The van der Waals surface area contributed by atoms with Crippen LogP contribution in [0.3, 0.4) is 0 Å². The van der Waals surface area contributed by atoms with E-state index < -0.39 is 0 Å². The Morgan fingerprint density at radius 1 is 1.24 bits per heavy atom. The first-order valence-electron chi connectivity index (χ1n) is 8.89. The number of nitrogens with zero attached hydrogens (tertiary/aromatic N) is 1. The molecule has 1 N–H and O–H groups in total. The third-order valence-corrected chi connectivity index (χ3v) is 4.42. The Morgan fingerprint density at radius 3 is 2.52 bits per heavy atom. The van der Waals surface area contributed by atoms with Crippen molar-refractivity contribution in [3.8, 4) is 0 Å². The predicted octanol–water partition coefficient (Wildman–Crippen LogP) is 3.54. The van der Waals surface area contributed by atoms with Crippen LogP contribution in [0.1, 0.15) is 60.8 Å². The lowest BCUT2D eigenvalue weighted by molar-refractivity contribution is 0.0218. The molecule has 0 spiro atoms. The number of ether oxygens (including phenoxy) is 1. The van der Waals surface area contributed by atoms with E-state index in [1.165, 1.54) is 19.3 Å². The van der Waals surface area contributed by atoms with Gasteiger partial charge in [0.2, 0.25) is 0 Å². The van der Waals surface area contributed by atoms with Crippen LogP contribution in [0.25, 0.3) is 0 Å². The van der Waals surface area contributed by atoms with Crippen molar-refractivity contribution in [2.45, 2.75) is 72.9 Å². The van der Waals surface area contributed by atoms with Crippen molar-refractivity contribution >= 4 is 0 Å². The lowest BCUT2D eigenvalue weighted by Gasteiger charge is -2.46. The van der Waals surface area contributed by atoms with Crippen molar-refractivity contribution in [3.05, 3.63) is 0 Å². The van der Waals surface area contributed by atoms with Crippen molar-refractivity contribution in [2.24, 2.45) is 11.3 Å². The van der Waals surface area contributed by atoms with Gasteiger partial charge in [-0.1, -0.05) is 48.0 Å². The molecule has 0 bridgehead atoms. The third-order valence-electron chi connectivity index (χ3n) is 4.42. The summed E-state index contributed by atoms with van der Waals surface area (Å²) in [5.74, 6) is 0.761. The van der Waals surface area contributed by atoms with E-state index in [2.05, 4.69) is 51.8 Å². The van der Waals surface area contributed by atoms with E-state index in [1.54, 1.807) is 0 Å². The lowest BCUT2D eigenvalue weighted by atomic mass is 9.83. The molecule has 1 heterocycles. The van der Waals surface area contributed by atoms with Crippen molar-refractivity contribution in [1.29, 1.82) is 0 Å². The highest BCUT2D eigenvalue weighted by Crippen LogP contribution is 2.27. The molecule has 1 fully saturated rings. The average Bonchev–Trinajstić information content (AvgIpc) is 2.36. The molecule has 1 aliphatic heterocycles. The van der Waals surface area contributed by atoms with E-state index in [1.807, 2.05) is 0 Å². The number of rotatable bonds is 8. The molecule has 3 nitrogen and oxygen atoms in total. The summed E-state index contributed by atoms with van der Waals surface area (Å²) >= 11 is 0. The van der Waals surface area contributed by atoms with Crippen LogP contribution in [0.2, 0.25) is 0 Å². The van der Waals surface area contributed by atoms with Gasteiger partial charge in [-0.05, 0) is 24.2 Å². The van der Waals surface area contributed by atoms with Crippen molar-refractivity contribution in [2.75, 3.05) is 32.8 Å². The average molecular weight is 299 g/mol. The SMILES string of the molecule is CCCCOCCN1CC(CC(C)C)NCC1C(C)(C)C. The fourth-order valence-electron chi connectivity index (χ4n) is 3.24. The molecule has 21 heavy (non-hydrogen) atoms. The van der Waals surface area contributed by atoms with Crippen LogP contribution < -0.4 is 5.32 Å². The Balaban J connectivity index is 2.49. The molecular weight excluding hydrogens is 260 g/mol. The van der Waals surface area contributed by atoms with Crippen LogP contribution in [0.5, 0.6) is 0 Å². The van der Waals surface area contributed by atoms with E-state index in [-0.39, 0.29) is 0 Å².